The predicted octanol–water partition coefficient (Wildman–Crippen LogP) is 5.05. The first kappa shape index (κ1) is 18.9. The number of hydrogen-bond donors (Lipinski definition) is 1. The number of oxime groups is 1. The van der Waals surface area contributed by atoms with Crippen molar-refractivity contribution in [1.29, 1.82) is 0 Å². The maximum atomic E-state index is 11.3. The number of benzene rings is 1. The highest BCUT2D eigenvalue weighted by Gasteiger charge is 2.15. The van der Waals surface area contributed by atoms with Gasteiger partial charge in [-0.05, 0) is 55.8 Å². The van der Waals surface area contributed by atoms with Crippen molar-refractivity contribution in [1.82, 2.24) is 0 Å². The Morgan fingerprint density at radius 3 is 2.60 bits per heavy atom. The third-order valence-electron chi connectivity index (χ3n) is 3.88. The summed E-state index contributed by atoms with van der Waals surface area (Å²) in [6.45, 7) is 8.65. The summed E-state index contributed by atoms with van der Waals surface area (Å²) < 4.78 is 0. The third-order valence-corrected chi connectivity index (χ3v) is 4.75. The molecule has 1 aromatic carbocycles. The highest BCUT2D eigenvalue weighted by Crippen LogP contribution is 2.26. The van der Waals surface area contributed by atoms with Gasteiger partial charge in [0.25, 0.3) is 0 Å². The lowest BCUT2D eigenvalue weighted by atomic mass is 9.93. The van der Waals surface area contributed by atoms with Gasteiger partial charge in [0.15, 0.2) is 0 Å². The topological polar surface area (TPSA) is 58.9 Å². The number of hydrogen-bond acceptors (Lipinski definition) is 4. The van der Waals surface area contributed by atoms with Crippen LogP contribution in [0.15, 0.2) is 46.4 Å². The highest BCUT2D eigenvalue weighted by molar-refractivity contribution is 7.13. The van der Waals surface area contributed by atoms with Gasteiger partial charge >= 0.3 is 5.97 Å². The van der Waals surface area contributed by atoms with E-state index in [9.17, 15) is 9.90 Å². The normalized spacial score (nSPS) is 11.3. The lowest BCUT2D eigenvalue weighted by Gasteiger charge is -2.14. The molecular weight excluding hydrogens is 334 g/mol. The molecule has 0 saturated carbocycles. The summed E-state index contributed by atoms with van der Waals surface area (Å²) in [7, 11) is 0. The molecule has 0 unspecified atom stereocenters. The molecule has 5 heteroatoms. The van der Waals surface area contributed by atoms with Crippen molar-refractivity contribution in [3.8, 4) is 0 Å². The number of carboxylic acid groups (broad SMARTS) is 1. The molecule has 132 valence electrons. The van der Waals surface area contributed by atoms with Crippen LogP contribution in [0.2, 0.25) is 0 Å². The molecule has 0 radical (unpaired) electrons. The minimum absolute atomic E-state index is 0.0551. The minimum atomic E-state index is -1.08. The molecule has 1 aromatic heterocycles. The lowest BCUT2D eigenvalue weighted by molar-refractivity contribution is -0.129. The number of thiophene rings is 1. The Bertz CT molecular complexity index is 800. The molecule has 2 aromatic rings. The van der Waals surface area contributed by atoms with Crippen LogP contribution in [0.3, 0.4) is 0 Å². The zero-order valence-corrected chi connectivity index (χ0v) is 15.8. The van der Waals surface area contributed by atoms with Crippen LogP contribution in [0.25, 0.3) is 5.57 Å². The van der Waals surface area contributed by atoms with Crippen molar-refractivity contribution in [2.24, 2.45) is 5.16 Å². The molecule has 1 N–H and O–H groups in total. The standard InChI is InChI=1S/C20H23NO3S/c1-13(2)16(17-12-14(3)7-8-15(17)4)9-10-24-21-19(20(22)23)18-6-5-11-25-18/h5-8,11-12H,9-10H2,1-4H3,(H,22,23)/b21-19-. The van der Waals surface area contributed by atoms with E-state index >= 15 is 0 Å². The molecule has 0 fully saturated rings. The second-order valence-electron chi connectivity index (χ2n) is 6.10. The largest absolute Gasteiger partial charge is 0.476 e. The number of carbonyl (C=O) groups is 1. The first-order valence-corrected chi connectivity index (χ1v) is 8.99. The van der Waals surface area contributed by atoms with Gasteiger partial charge in [-0.3, -0.25) is 0 Å². The Balaban J connectivity index is 2.10. The van der Waals surface area contributed by atoms with E-state index in [-0.39, 0.29) is 5.71 Å². The van der Waals surface area contributed by atoms with Crippen LogP contribution in [0, 0.1) is 13.8 Å². The lowest BCUT2D eigenvalue weighted by Crippen LogP contribution is -2.13. The SMILES string of the molecule is CC(C)=C(CCO/N=C(\C(=O)O)c1cccs1)c1cc(C)ccc1C. The Morgan fingerprint density at radius 2 is 2.00 bits per heavy atom. The summed E-state index contributed by atoms with van der Waals surface area (Å²) in [5, 5.41) is 14.9. The minimum Gasteiger partial charge on any atom is -0.476 e. The van der Waals surface area contributed by atoms with Gasteiger partial charge in [0, 0.05) is 6.42 Å². The molecule has 0 aliphatic carbocycles. The van der Waals surface area contributed by atoms with Crippen molar-refractivity contribution >= 4 is 28.6 Å². The van der Waals surface area contributed by atoms with Gasteiger partial charge in [0.2, 0.25) is 5.71 Å². The summed E-state index contributed by atoms with van der Waals surface area (Å²) in [6, 6.07) is 9.91. The second kappa shape index (κ2) is 8.62. The number of allylic oxidation sites excluding steroid dienone is 1. The average Bonchev–Trinajstić information content (AvgIpc) is 3.07. The Kier molecular flexibility index (Phi) is 6.53. The van der Waals surface area contributed by atoms with E-state index in [1.165, 1.54) is 39.2 Å². The van der Waals surface area contributed by atoms with Crippen molar-refractivity contribution in [3.63, 3.8) is 0 Å². The van der Waals surface area contributed by atoms with E-state index in [0.717, 1.165) is 0 Å². The van der Waals surface area contributed by atoms with E-state index < -0.39 is 5.97 Å². The number of nitrogens with zero attached hydrogens (tertiary/aromatic N) is 1. The van der Waals surface area contributed by atoms with Crippen molar-refractivity contribution in [2.75, 3.05) is 6.61 Å². The highest BCUT2D eigenvalue weighted by atomic mass is 32.1. The van der Waals surface area contributed by atoms with E-state index in [1.807, 2.05) is 5.38 Å². The van der Waals surface area contributed by atoms with E-state index in [0.29, 0.717) is 17.9 Å². The zero-order chi connectivity index (χ0) is 18.4. The van der Waals surface area contributed by atoms with Crippen LogP contribution in [0.5, 0.6) is 0 Å². The zero-order valence-electron chi connectivity index (χ0n) is 15.0. The van der Waals surface area contributed by atoms with Gasteiger partial charge in [-0.1, -0.05) is 40.6 Å². The first-order valence-electron chi connectivity index (χ1n) is 8.11. The number of carboxylic acids is 1. The molecular formula is C20H23NO3S. The molecule has 4 nitrogen and oxygen atoms in total. The van der Waals surface area contributed by atoms with Gasteiger partial charge < -0.3 is 9.94 Å². The van der Waals surface area contributed by atoms with E-state index in [1.54, 1.807) is 12.1 Å². The molecule has 0 aliphatic rings. The smallest absolute Gasteiger partial charge is 0.359 e. The fraction of sp³-hybridized carbons (Fsp3) is 0.300. The molecule has 0 amide bonds. The maximum Gasteiger partial charge on any atom is 0.359 e. The average molecular weight is 357 g/mol. The summed E-state index contributed by atoms with van der Waals surface area (Å²) >= 11 is 1.33. The molecule has 0 atom stereocenters. The second-order valence-corrected chi connectivity index (χ2v) is 7.05. The molecule has 25 heavy (non-hydrogen) atoms. The molecule has 0 bridgehead atoms. The van der Waals surface area contributed by atoms with Crippen LogP contribution in [0.1, 0.15) is 41.8 Å². The van der Waals surface area contributed by atoms with Crippen LogP contribution in [-0.2, 0) is 9.63 Å². The summed E-state index contributed by atoms with van der Waals surface area (Å²) in [5.41, 5.74) is 6.02. The van der Waals surface area contributed by atoms with Crippen LogP contribution in [-0.4, -0.2) is 23.4 Å². The molecule has 0 spiro atoms. The summed E-state index contributed by atoms with van der Waals surface area (Å²) in [6.07, 6.45) is 0.674. The molecule has 0 saturated heterocycles. The monoisotopic (exact) mass is 357 g/mol. The van der Waals surface area contributed by atoms with Crippen molar-refractivity contribution < 1.29 is 14.7 Å². The van der Waals surface area contributed by atoms with Crippen LogP contribution in [0.4, 0.5) is 0 Å². The number of aliphatic carboxylic acids is 1. The van der Waals surface area contributed by atoms with Crippen molar-refractivity contribution in [3.05, 3.63) is 62.9 Å². The van der Waals surface area contributed by atoms with E-state index in [4.69, 9.17) is 4.84 Å². The Morgan fingerprint density at radius 1 is 1.24 bits per heavy atom. The van der Waals surface area contributed by atoms with Gasteiger partial charge in [-0.15, -0.1) is 11.3 Å². The Hall–Kier alpha value is -2.40. The van der Waals surface area contributed by atoms with Crippen LogP contribution < -0.4 is 0 Å². The third kappa shape index (κ3) is 5.03. The number of aryl methyl sites for hydroxylation is 2. The molecule has 2 rings (SSSR count). The Labute approximate surface area is 152 Å². The number of rotatable bonds is 7. The summed E-state index contributed by atoms with van der Waals surface area (Å²) in [4.78, 5) is 17.2. The van der Waals surface area contributed by atoms with Gasteiger partial charge in [-0.2, -0.15) is 0 Å². The van der Waals surface area contributed by atoms with Crippen molar-refractivity contribution in [2.45, 2.75) is 34.1 Å². The predicted molar refractivity (Wildman–Crippen MR) is 103 cm³/mol. The van der Waals surface area contributed by atoms with Gasteiger partial charge in [-0.25, -0.2) is 4.79 Å². The fourth-order valence-corrected chi connectivity index (χ4v) is 3.27. The molecule has 0 aliphatic heterocycles. The van der Waals surface area contributed by atoms with Gasteiger partial charge in [0.05, 0.1) is 4.88 Å². The van der Waals surface area contributed by atoms with Crippen LogP contribution >= 0.6 is 11.3 Å². The quantitative estimate of drug-likeness (QED) is 0.428. The van der Waals surface area contributed by atoms with Gasteiger partial charge in [0.1, 0.15) is 6.61 Å². The fourth-order valence-electron chi connectivity index (χ4n) is 2.58. The summed E-state index contributed by atoms with van der Waals surface area (Å²) in [5.74, 6) is -1.08. The molecule has 1 heterocycles. The van der Waals surface area contributed by atoms with E-state index in [2.05, 4.69) is 51.0 Å². The maximum absolute atomic E-state index is 11.3. The first-order chi connectivity index (χ1) is 11.9.